The quantitative estimate of drug-likeness (QED) is 0.784. The molecule has 0 aliphatic heterocycles. The summed E-state index contributed by atoms with van der Waals surface area (Å²) in [4.78, 5) is 14.8. The second kappa shape index (κ2) is 7.87. The highest BCUT2D eigenvalue weighted by Crippen LogP contribution is 2.12. The predicted octanol–water partition coefficient (Wildman–Crippen LogP) is 2.67. The number of carbonyl (C=O) groups is 1. The molecule has 0 atom stereocenters. The van der Waals surface area contributed by atoms with Gasteiger partial charge in [-0.25, -0.2) is 9.78 Å². The van der Waals surface area contributed by atoms with Gasteiger partial charge in [-0.3, -0.25) is 0 Å². The topological polar surface area (TPSA) is 71.5 Å². The van der Waals surface area contributed by atoms with Gasteiger partial charge < -0.3 is 15.2 Å². The first-order chi connectivity index (χ1) is 10.2. The van der Waals surface area contributed by atoms with Gasteiger partial charge in [0.05, 0.1) is 12.3 Å². The van der Waals surface area contributed by atoms with Gasteiger partial charge in [0.25, 0.3) is 0 Å². The lowest BCUT2D eigenvalue weighted by molar-refractivity contribution is 0.0696. The van der Waals surface area contributed by atoms with Crippen LogP contribution in [0.2, 0.25) is 0 Å². The Morgan fingerprint density at radius 2 is 2.10 bits per heavy atom. The Morgan fingerprint density at radius 1 is 1.33 bits per heavy atom. The number of aromatic carboxylic acids is 1. The van der Waals surface area contributed by atoms with E-state index in [2.05, 4.69) is 22.4 Å². The Hall–Kier alpha value is -1.76. The molecule has 2 aromatic rings. The minimum Gasteiger partial charge on any atom is -0.476 e. The van der Waals surface area contributed by atoms with E-state index in [1.54, 1.807) is 5.38 Å². The van der Waals surface area contributed by atoms with Crippen LogP contribution in [0.5, 0.6) is 0 Å². The zero-order chi connectivity index (χ0) is 15.1. The first kappa shape index (κ1) is 15.6. The number of thiazole rings is 1. The fourth-order valence-corrected chi connectivity index (χ4v) is 2.55. The monoisotopic (exact) mass is 306 g/mol. The smallest absolute Gasteiger partial charge is 0.365 e. The maximum Gasteiger partial charge on any atom is 0.365 e. The molecule has 1 aromatic carbocycles. The zero-order valence-electron chi connectivity index (χ0n) is 11.8. The number of aromatic nitrogens is 1. The molecule has 0 fully saturated rings. The molecule has 1 heterocycles. The van der Waals surface area contributed by atoms with E-state index in [9.17, 15) is 4.79 Å². The summed E-state index contributed by atoms with van der Waals surface area (Å²) in [5, 5.41) is 14.0. The number of ether oxygens (including phenoxy) is 1. The minimum atomic E-state index is -0.978. The molecule has 112 valence electrons. The highest BCUT2D eigenvalue weighted by atomic mass is 32.1. The number of nitrogens with one attached hydrogen (secondary N) is 1. The first-order valence-corrected chi connectivity index (χ1v) is 7.61. The van der Waals surface area contributed by atoms with Crippen molar-refractivity contribution in [2.75, 3.05) is 6.61 Å². The van der Waals surface area contributed by atoms with Crippen LogP contribution in [0.1, 0.15) is 33.5 Å². The molecule has 0 amide bonds. The summed E-state index contributed by atoms with van der Waals surface area (Å²) in [6, 6.07) is 8.11. The van der Waals surface area contributed by atoms with Crippen LogP contribution in [0, 0.1) is 0 Å². The number of nitrogens with zero attached hydrogens (tertiary/aromatic N) is 1. The van der Waals surface area contributed by atoms with E-state index in [1.807, 2.05) is 19.1 Å². The van der Waals surface area contributed by atoms with E-state index >= 15 is 0 Å². The molecule has 0 radical (unpaired) electrons. The van der Waals surface area contributed by atoms with E-state index in [1.165, 1.54) is 5.56 Å². The molecule has 6 heteroatoms. The van der Waals surface area contributed by atoms with Crippen LogP contribution in [0.15, 0.2) is 29.6 Å². The van der Waals surface area contributed by atoms with Crippen molar-refractivity contribution >= 4 is 17.3 Å². The summed E-state index contributed by atoms with van der Waals surface area (Å²) in [6.07, 6.45) is 0. The van der Waals surface area contributed by atoms with Crippen molar-refractivity contribution in [2.24, 2.45) is 0 Å². The molecule has 5 nitrogen and oxygen atoms in total. The van der Waals surface area contributed by atoms with Gasteiger partial charge in [-0.2, -0.15) is 0 Å². The second-order valence-electron chi connectivity index (χ2n) is 4.46. The predicted molar refractivity (Wildman–Crippen MR) is 81.4 cm³/mol. The molecule has 0 saturated carbocycles. The minimum absolute atomic E-state index is 0.128. The molecule has 0 spiro atoms. The van der Waals surface area contributed by atoms with Crippen LogP contribution in [-0.2, 0) is 24.4 Å². The lowest BCUT2D eigenvalue weighted by Crippen LogP contribution is -2.14. The van der Waals surface area contributed by atoms with Crippen LogP contribution in [0.3, 0.4) is 0 Å². The van der Waals surface area contributed by atoms with Crippen LogP contribution >= 0.6 is 11.3 Å². The van der Waals surface area contributed by atoms with Crippen LogP contribution in [0.25, 0.3) is 0 Å². The van der Waals surface area contributed by atoms with Crippen molar-refractivity contribution < 1.29 is 14.6 Å². The van der Waals surface area contributed by atoms with Crippen molar-refractivity contribution in [1.29, 1.82) is 0 Å². The van der Waals surface area contributed by atoms with Gasteiger partial charge in [-0.1, -0.05) is 24.3 Å². The van der Waals surface area contributed by atoms with Gasteiger partial charge >= 0.3 is 5.97 Å². The molecule has 2 N–H and O–H groups in total. The third kappa shape index (κ3) is 4.63. The molecule has 0 unspecified atom stereocenters. The molecule has 0 bridgehead atoms. The maximum absolute atomic E-state index is 10.8. The van der Waals surface area contributed by atoms with Crippen molar-refractivity contribution in [3.8, 4) is 0 Å². The Balaban J connectivity index is 1.89. The third-order valence-electron chi connectivity index (χ3n) is 2.94. The van der Waals surface area contributed by atoms with E-state index in [4.69, 9.17) is 9.84 Å². The normalized spacial score (nSPS) is 10.7. The van der Waals surface area contributed by atoms with Crippen LogP contribution < -0.4 is 5.32 Å². The van der Waals surface area contributed by atoms with Crippen molar-refractivity contribution in [3.63, 3.8) is 0 Å². The highest BCUT2D eigenvalue weighted by Gasteiger charge is 2.08. The molecule has 0 aliphatic carbocycles. The van der Waals surface area contributed by atoms with Gasteiger partial charge in [-0.15, -0.1) is 11.3 Å². The Labute approximate surface area is 127 Å². The van der Waals surface area contributed by atoms with E-state index < -0.39 is 5.97 Å². The number of benzene rings is 1. The zero-order valence-corrected chi connectivity index (χ0v) is 12.7. The first-order valence-electron chi connectivity index (χ1n) is 6.73. The van der Waals surface area contributed by atoms with Gasteiger partial charge in [0.15, 0.2) is 0 Å². The fraction of sp³-hybridized carbons (Fsp3) is 0.333. The second-order valence-corrected chi connectivity index (χ2v) is 5.32. The summed E-state index contributed by atoms with van der Waals surface area (Å²) >= 11 is 1.15. The molecular formula is C15H18N2O3S. The number of carboxylic acid groups (broad SMARTS) is 1. The van der Waals surface area contributed by atoms with Crippen LogP contribution in [0.4, 0.5) is 0 Å². The van der Waals surface area contributed by atoms with Gasteiger partial charge in [0.1, 0.15) is 0 Å². The summed E-state index contributed by atoms with van der Waals surface area (Å²) in [6.45, 7) is 4.52. The summed E-state index contributed by atoms with van der Waals surface area (Å²) in [5.74, 6) is -0.978. The number of rotatable bonds is 8. The van der Waals surface area contributed by atoms with E-state index in [-0.39, 0.29) is 5.01 Å². The molecule has 0 aliphatic rings. The van der Waals surface area contributed by atoms with Crippen molar-refractivity contribution in [1.82, 2.24) is 10.3 Å². The molecule has 1 aromatic heterocycles. The highest BCUT2D eigenvalue weighted by molar-refractivity contribution is 7.11. The average molecular weight is 306 g/mol. The largest absolute Gasteiger partial charge is 0.476 e. The number of hydrogen-bond donors (Lipinski definition) is 2. The average Bonchev–Trinajstić information content (AvgIpc) is 2.95. The van der Waals surface area contributed by atoms with Crippen LogP contribution in [-0.4, -0.2) is 22.7 Å². The Morgan fingerprint density at radius 3 is 2.76 bits per heavy atom. The lowest BCUT2D eigenvalue weighted by Gasteiger charge is -2.10. The molecule has 0 saturated heterocycles. The summed E-state index contributed by atoms with van der Waals surface area (Å²) in [7, 11) is 0. The molecule has 21 heavy (non-hydrogen) atoms. The van der Waals surface area contributed by atoms with Crippen molar-refractivity contribution in [2.45, 2.75) is 26.6 Å². The summed E-state index contributed by atoms with van der Waals surface area (Å²) in [5.41, 5.74) is 3.09. The molecule has 2 rings (SSSR count). The van der Waals surface area contributed by atoms with Gasteiger partial charge in [0.2, 0.25) is 5.01 Å². The maximum atomic E-state index is 10.8. The Bertz CT molecular complexity index is 598. The molecular weight excluding hydrogens is 288 g/mol. The van der Waals surface area contributed by atoms with E-state index in [0.717, 1.165) is 22.6 Å². The fourth-order valence-electron chi connectivity index (χ4n) is 1.89. The van der Waals surface area contributed by atoms with Gasteiger partial charge in [-0.05, 0) is 18.1 Å². The lowest BCUT2D eigenvalue weighted by atomic mass is 10.1. The number of carboxylic acids is 1. The third-order valence-corrected chi connectivity index (χ3v) is 3.82. The Kier molecular flexibility index (Phi) is 5.86. The van der Waals surface area contributed by atoms with Gasteiger partial charge in [0, 0.05) is 25.1 Å². The number of hydrogen-bond acceptors (Lipinski definition) is 5. The SMILES string of the molecule is CCOCc1ccccc1CNCc1csc(C(=O)O)n1. The standard InChI is InChI=1S/C15H18N2O3S/c1-2-20-9-12-6-4-3-5-11(12)7-16-8-13-10-21-14(17-13)15(18)19/h3-6,10,16H,2,7-9H2,1H3,(H,18,19). The van der Waals surface area contributed by atoms with Crippen molar-refractivity contribution in [3.05, 3.63) is 51.5 Å². The van der Waals surface area contributed by atoms with E-state index in [0.29, 0.717) is 26.3 Å². The summed E-state index contributed by atoms with van der Waals surface area (Å²) < 4.78 is 5.45.